The van der Waals surface area contributed by atoms with Crippen molar-refractivity contribution in [3.63, 3.8) is 0 Å². The van der Waals surface area contributed by atoms with Gasteiger partial charge >= 0.3 is 5.97 Å². The first-order valence-corrected chi connectivity index (χ1v) is 14.9. The topological polar surface area (TPSA) is 102 Å². The molecule has 4 rings (SSSR count). The molecule has 39 heavy (non-hydrogen) atoms. The van der Waals surface area contributed by atoms with Crippen molar-refractivity contribution in [2.75, 3.05) is 40.6 Å². The number of ether oxygens (including phenoxy) is 3. The van der Waals surface area contributed by atoms with Gasteiger partial charge in [0.25, 0.3) is 15.9 Å². The summed E-state index contributed by atoms with van der Waals surface area (Å²) in [5.74, 6) is -0.795. The van der Waals surface area contributed by atoms with Crippen molar-refractivity contribution in [3.8, 4) is 11.5 Å². The average Bonchev–Trinajstić information content (AvgIpc) is 3.09. The normalized spacial score (nSPS) is 17.4. The zero-order valence-electron chi connectivity index (χ0n) is 22.3. The number of fused-ring (bicyclic) bond motifs is 1. The van der Waals surface area contributed by atoms with Crippen LogP contribution < -0.4 is 9.47 Å². The highest BCUT2D eigenvalue weighted by Crippen LogP contribution is 2.39. The highest BCUT2D eigenvalue weighted by Gasteiger charge is 2.44. The van der Waals surface area contributed by atoms with Gasteiger partial charge in [-0.3, -0.25) is 4.79 Å². The number of benzene rings is 2. The van der Waals surface area contributed by atoms with Crippen LogP contribution in [0.25, 0.3) is 0 Å². The molecule has 2 heterocycles. The Hall–Kier alpha value is -2.53. The summed E-state index contributed by atoms with van der Waals surface area (Å²) in [7, 11) is -0.766. The number of rotatable bonds is 9. The van der Waals surface area contributed by atoms with Crippen molar-refractivity contribution < 1.29 is 32.2 Å². The number of methoxy groups -OCH3 is 1. The van der Waals surface area contributed by atoms with Crippen LogP contribution in [0.1, 0.15) is 65.3 Å². The molecule has 0 spiro atoms. The average molecular weight is 600 g/mol. The van der Waals surface area contributed by atoms with Crippen LogP contribution in [0.5, 0.6) is 11.5 Å². The summed E-state index contributed by atoms with van der Waals surface area (Å²) in [6.45, 7) is 5.35. The molecule has 2 aromatic carbocycles. The Morgan fingerprint density at radius 2 is 1.85 bits per heavy atom. The molecule has 2 aliphatic heterocycles. The maximum absolute atomic E-state index is 13.2. The minimum atomic E-state index is -4.28. The standard InChI is InChI=1S/C27H32Cl2N2O7S/c1-16(2)19-13-18(36-4)14-22-23(19)26(32)31(39(22,34)35)15-38-27(33)24-20(28)5-6-21(25(24)29)37-12-9-17-7-10-30(3)11-8-17/h5-6,13-14,16-17H,7-12,15H2,1-4H3. The van der Waals surface area contributed by atoms with E-state index >= 15 is 0 Å². The van der Waals surface area contributed by atoms with Crippen LogP contribution in [0.3, 0.4) is 0 Å². The molecule has 1 saturated heterocycles. The minimum absolute atomic E-state index is 0.0124. The second kappa shape index (κ2) is 11.9. The van der Waals surface area contributed by atoms with Crippen LogP contribution in [-0.4, -0.2) is 70.1 Å². The van der Waals surface area contributed by atoms with E-state index in [9.17, 15) is 18.0 Å². The summed E-state index contributed by atoms with van der Waals surface area (Å²) in [5.41, 5.74) is 0.391. The third-order valence-electron chi connectivity index (χ3n) is 7.17. The number of halogens is 2. The predicted octanol–water partition coefficient (Wildman–Crippen LogP) is 5.20. The molecular formula is C27H32Cl2N2O7S. The van der Waals surface area contributed by atoms with Gasteiger partial charge < -0.3 is 19.1 Å². The van der Waals surface area contributed by atoms with Crippen LogP contribution in [0, 0.1) is 5.92 Å². The quantitative estimate of drug-likeness (QED) is 0.363. The van der Waals surface area contributed by atoms with Gasteiger partial charge in [-0.1, -0.05) is 37.0 Å². The molecule has 9 nitrogen and oxygen atoms in total. The fraction of sp³-hybridized carbons (Fsp3) is 0.481. The highest BCUT2D eigenvalue weighted by molar-refractivity contribution is 7.90. The van der Waals surface area contributed by atoms with Crippen molar-refractivity contribution in [1.29, 1.82) is 0 Å². The van der Waals surface area contributed by atoms with Gasteiger partial charge in [0.15, 0.2) is 6.73 Å². The van der Waals surface area contributed by atoms with E-state index in [-0.39, 0.29) is 37.7 Å². The van der Waals surface area contributed by atoms with E-state index < -0.39 is 28.6 Å². The van der Waals surface area contributed by atoms with E-state index in [4.69, 9.17) is 37.4 Å². The Morgan fingerprint density at radius 3 is 2.49 bits per heavy atom. The van der Waals surface area contributed by atoms with Gasteiger partial charge in [-0.25, -0.2) is 13.2 Å². The van der Waals surface area contributed by atoms with Crippen LogP contribution >= 0.6 is 23.2 Å². The molecule has 1 amide bonds. The molecule has 1 fully saturated rings. The zero-order chi connectivity index (χ0) is 28.5. The number of piperidine rings is 1. The Labute approximate surface area is 239 Å². The number of hydrogen-bond acceptors (Lipinski definition) is 8. The van der Waals surface area contributed by atoms with E-state index in [1.807, 2.05) is 13.8 Å². The summed E-state index contributed by atoms with van der Waals surface area (Å²) < 4.78 is 43.3. The van der Waals surface area contributed by atoms with Gasteiger partial charge in [0.05, 0.1) is 29.3 Å². The maximum atomic E-state index is 13.2. The lowest BCUT2D eigenvalue weighted by Gasteiger charge is -2.28. The van der Waals surface area contributed by atoms with E-state index in [0.717, 1.165) is 32.4 Å². The van der Waals surface area contributed by atoms with Crippen molar-refractivity contribution in [2.45, 2.75) is 43.9 Å². The lowest BCUT2D eigenvalue weighted by Crippen LogP contribution is -2.33. The van der Waals surface area contributed by atoms with E-state index in [1.54, 1.807) is 12.1 Å². The molecule has 0 radical (unpaired) electrons. The lowest BCUT2D eigenvalue weighted by molar-refractivity contribution is 0.0357. The summed E-state index contributed by atoms with van der Waals surface area (Å²) in [4.78, 5) is 28.3. The molecule has 0 aliphatic carbocycles. The summed E-state index contributed by atoms with van der Waals surface area (Å²) >= 11 is 12.7. The maximum Gasteiger partial charge on any atom is 0.343 e. The second-order valence-corrected chi connectivity index (χ2v) is 12.7. The van der Waals surface area contributed by atoms with Crippen LogP contribution in [0.4, 0.5) is 0 Å². The van der Waals surface area contributed by atoms with E-state index in [2.05, 4.69) is 11.9 Å². The largest absolute Gasteiger partial charge is 0.497 e. The Morgan fingerprint density at radius 1 is 1.15 bits per heavy atom. The minimum Gasteiger partial charge on any atom is -0.497 e. The molecule has 0 N–H and O–H groups in total. The first kappa shape index (κ1) is 29.5. The van der Waals surface area contributed by atoms with Gasteiger partial charge in [0, 0.05) is 6.07 Å². The fourth-order valence-corrected chi connectivity index (χ4v) is 6.85. The third kappa shape index (κ3) is 5.99. The van der Waals surface area contributed by atoms with Gasteiger partial charge in [-0.15, -0.1) is 0 Å². The van der Waals surface area contributed by atoms with E-state index in [0.29, 0.717) is 28.1 Å². The molecular weight excluding hydrogens is 567 g/mol. The molecule has 212 valence electrons. The van der Waals surface area contributed by atoms with Gasteiger partial charge in [0.2, 0.25) is 0 Å². The summed E-state index contributed by atoms with van der Waals surface area (Å²) in [6.07, 6.45) is 3.05. The number of hydrogen-bond donors (Lipinski definition) is 0. The zero-order valence-corrected chi connectivity index (χ0v) is 24.7. The highest BCUT2D eigenvalue weighted by atomic mass is 35.5. The first-order valence-electron chi connectivity index (χ1n) is 12.7. The van der Waals surface area contributed by atoms with Crippen molar-refractivity contribution in [1.82, 2.24) is 9.21 Å². The molecule has 0 unspecified atom stereocenters. The molecule has 0 bridgehead atoms. The number of esters is 1. The first-order chi connectivity index (χ1) is 18.4. The molecule has 2 aliphatic rings. The number of carbonyl (C=O) groups is 2. The predicted molar refractivity (Wildman–Crippen MR) is 148 cm³/mol. The molecule has 2 aromatic rings. The Bertz CT molecular complexity index is 1370. The number of sulfonamides is 1. The summed E-state index contributed by atoms with van der Waals surface area (Å²) in [5, 5.41) is -0.0278. The van der Waals surface area contributed by atoms with Crippen molar-refractivity contribution >= 4 is 45.1 Å². The third-order valence-corrected chi connectivity index (χ3v) is 9.59. The number of nitrogens with zero attached hydrogens (tertiary/aromatic N) is 2. The van der Waals surface area contributed by atoms with Gasteiger partial charge in [-0.05, 0) is 75.0 Å². The number of likely N-dealkylation sites (tertiary alicyclic amines) is 1. The van der Waals surface area contributed by atoms with Gasteiger partial charge in [0.1, 0.15) is 22.0 Å². The summed E-state index contributed by atoms with van der Waals surface area (Å²) in [6, 6.07) is 5.95. The van der Waals surface area contributed by atoms with Gasteiger partial charge in [-0.2, -0.15) is 4.31 Å². The van der Waals surface area contributed by atoms with Crippen LogP contribution in [-0.2, 0) is 14.8 Å². The monoisotopic (exact) mass is 598 g/mol. The molecule has 0 saturated carbocycles. The molecule has 0 aromatic heterocycles. The molecule has 0 atom stereocenters. The number of amides is 1. The van der Waals surface area contributed by atoms with Crippen LogP contribution in [0.2, 0.25) is 10.0 Å². The fourth-order valence-electron chi connectivity index (χ4n) is 4.80. The Balaban J connectivity index is 1.47. The lowest BCUT2D eigenvalue weighted by atomic mass is 9.94. The number of carbonyl (C=O) groups excluding carboxylic acids is 2. The Kier molecular flexibility index (Phi) is 9.00. The molecule has 12 heteroatoms. The van der Waals surface area contributed by atoms with Crippen molar-refractivity contribution in [2.24, 2.45) is 5.92 Å². The smallest absolute Gasteiger partial charge is 0.343 e. The second-order valence-electron chi connectivity index (χ2n) is 10.1. The van der Waals surface area contributed by atoms with E-state index in [1.165, 1.54) is 19.2 Å². The van der Waals surface area contributed by atoms with Crippen molar-refractivity contribution in [3.05, 3.63) is 51.0 Å². The SMILES string of the molecule is COc1cc(C(C)C)c2c(c1)S(=O)(=O)N(COC(=O)c1c(Cl)ccc(OCCC3CCN(C)CC3)c1Cl)C2=O. The van der Waals surface area contributed by atoms with Crippen LogP contribution in [0.15, 0.2) is 29.2 Å².